The van der Waals surface area contributed by atoms with Crippen LogP contribution in [0.2, 0.25) is 5.15 Å². The van der Waals surface area contributed by atoms with Crippen molar-refractivity contribution >= 4 is 11.6 Å². The first kappa shape index (κ1) is 12.0. The van der Waals surface area contributed by atoms with Gasteiger partial charge in [0.05, 0.1) is 5.69 Å². The van der Waals surface area contributed by atoms with Crippen LogP contribution < -0.4 is 0 Å². The topological polar surface area (TPSA) is 43.6 Å². The van der Waals surface area contributed by atoms with Crippen molar-refractivity contribution in [3.63, 3.8) is 0 Å². The highest BCUT2D eigenvalue weighted by Crippen LogP contribution is 2.20. The Morgan fingerprint density at radius 2 is 1.94 bits per heavy atom. The molecule has 0 N–H and O–H groups in total. The highest BCUT2D eigenvalue weighted by Gasteiger charge is 2.11. The van der Waals surface area contributed by atoms with Crippen LogP contribution in [0.4, 0.5) is 0 Å². The zero-order chi connectivity index (χ0) is 12.6. The lowest BCUT2D eigenvalue weighted by molar-refractivity contribution is 0.749. The van der Waals surface area contributed by atoms with Crippen molar-refractivity contribution in [1.82, 2.24) is 19.7 Å². The maximum absolute atomic E-state index is 6.05. The molecule has 0 spiro atoms. The molecule has 0 saturated heterocycles. The summed E-state index contributed by atoms with van der Waals surface area (Å²) in [5.41, 5.74) is 1.88. The number of aryl methyl sites for hydroxylation is 1. The van der Waals surface area contributed by atoms with Crippen molar-refractivity contribution in [3.05, 3.63) is 34.5 Å². The van der Waals surface area contributed by atoms with Crippen molar-refractivity contribution < 1.29 is 0 Å². The Labute approximate surface area is 106 Å². The Hall–Kier alpha value is -1.42. The standard InChI is InChI=1S/C12H15ClN4/c1-7(2)10-5-6-17(16-10)12-8(3)11(13)14-9(4)15-12/h5-7H,1-4H3. The molecule has 0 aromatic carbocycles. The monoisotopic (exact) mass is 250 g/mol. The fourth-order valence-electron chi connectivity index (χ4n) is 1.57. The van der Waals surface area contributed by atoms with E-state index in [1.165, 1.54) is 0 Å². The van der Waals surface area contributed by atoms with Crippen LogP contribution in [0.5, 0.6) is 0 Å². The zero-order valence-electron chi connectivity index (χ0n) is 10.4. The average Bonchev–Trinajstić information content (AvgIpc) is 2.72. The molecule has 0 saturated carbocycles. The molecule has 2 heterocycles. The van der Waals surface area contributed by atoms with E-state index in [1.54, 1.807) is 4.68 Å². The quantitative estimate of drug-likeness (QED) is 0.770. The van der Waals surface area contributed by atoms with Gasteiger partial charge in [-0.15, -0.1) is 0 Å². The summed E-state index contributed by atoms with van der Waals surface area (Å²) in [5.74, 6) is 1.79. The predicted octanol–water partition coefficient (Wildman–Crippen LogP) is 3.06. The summed E-state index contributed by atoms with van der Waals surface area (Å²) in [6, 6.07) is 2.00. The second kappa shape index (κ2) is 4.45. The molecule has 0 atom stereocenters. The molecule has 5 heteroatoms. The number of hydrogen-bond acceptors (Lipinski definition) is 3. The van der Waals surface area contributed by atoms with E-state index in [0.717, 1.165) is 17.1 Å². The molecule has 17 heavy (non-hydrogen) atoms. The summed E-state index contributed by atoms with van der Waals surface area (Å²) in [7, 11) is 0. The molecular formula is C12H15ClN4. The molecule has 0 unspecified atom stereocenters. The first-order chi connectivity index (χ1) is 7.99. The highest BCUT2D eigenvalue weighted by molar-refractivity contribution is 6.30. The van der Waals surface area contributed by atoms with E-state index < -0.39 is 0 Å². The van der Waals surface area contributed by atoms with Gasteiger partial charge in [0.25, 0.3) is 0 Å². The lowest BCUT2D eigenvalue weighted by atomic mass is 10.1. The van der Waals surface area contributed by atoms with Gasteiger partial charge in [0, 0.05) is 11.8 Å². The van der Waals surface area contributed by atoms with Crippen LogP contribution in [0.25, 0.3) is 5.82 Å². The molecule has 2 rings (SSSR count). The van der Waals surface area contributed by atoms with Crippen LogP contribution >= 0.6 is 11.6 Å². The summed E-state index contributed by atoms with van der Waals surface area (Å²) in [5, 5.41) is 4.97. The molecule has 0 bridgehead atoms. The van der Waals surface area contributed by atoms with Gasteiger partial charge in [-0.1, -0.05) is 25.4 Å². The van der Waals surface area contributed by atoms with Gasteiger partial charge in [-0.2, -0.15) is 5.10 Å². The van der Waals surface area contributed by atoms with Crippen LogP contribution in [-0.2, 0) is 0 Å². The molecule has 4 nitrogen and oxygen atoms in total. The molecule has 90 valence electrons. The van der Waals surface area contributed by atoms with Gasteiger partial charge >= 0.3 is 0 Å². The number of hydrogen-bond donors (Lipinski definition) is 0. The molecule has 2 aromatic heterocycles. The van der Waals surface area contributed by atoms with Crippen molar-refractivity contribution in [1.29, 1.82) is 0 Å². The van der Waals surface area contributed by atoms with Crippen molar-refractivity contribution in [2.24, 2.45) is 0 Å². The molecular weight excluding hydrogens is 236 g/mol. The summed E-state index contributed by atoms with van der Waals surface area (Å²) in [4.78, 5) is 8.50. The average molecular weight is 251 g/mol. The van der Waals surface area contributed by atoms with Gasteiger partial charge < -0.3 is 0 Å². The number of nitrogens with zero attached hydrogens (tertiary/aromatic N) is 4. The zero-order valence-corrected chi connectivity index (χ0v) is 11.2. The van der Waals surface area contributed by atoms with E-state index in [4.69, 9.17) is 11.6 Å². The van der Waals surface area contributed by atoms with Crippen LogP contribution in [-0.4, -0.2) is 19.7 Å². The Bertz CT molecular complexity index is 545. The van der Waals surface area contributed by atoms with Crippen molar-refractivity contribution in [2.75, 3.05) is 0 Å². The van der Waals surface area contributed by atoms with Crippen LogP contribution in [0, 0.1) is 13.8 Å². The Kier molecular flexibility index (Phi) is 3.15. The number of aromatic nitrogens is 4. The minimum absolute atomic E-state index is 0.398. The Balaban J connectivity index is 2.52. The van der Waals surface area contributed by atoms with Crippen LogP contribution in [0.3, 0.4) is 0 Å². The van der Waals surface area contributed by atoms with E-state index in [2.05, 4.69) is 28.9 Å². The highest BCUT2D eigenvalue weighted by atomic mass is 35.5. The molecule has 0 aliphatic carbocycles. The molecule has 2 aromatic rings. The summed E-state index contributed by atoms with van der Waals surface area (Å²) >= 11 is 6.05. The number of rotatable bonds is 2. The minimum Gasteiger partial charge on any atom is -0.222 e. The fraction of sp³-hybridized carbons (Fsp3) is 0.417. The Morgan fingerprint density at radius 1 is 1.24 bits per heavy atom. The van der Waals surface area contributed by atoms with Crippen molar-refractivity contribution in [2.45, 2.75) is 33.6 Å². The van der Waals surface area contributed by atoms with Gasteiger partial charge in [-0.25, -0.2) is 14.6 Å². The summed E-state index contributed by atoms with van der Waals surface area (Å²) in [6.07, 6.45) is 1.90. The summed E-state index contributed by atoms with van der Waals surface area (Å²) < 4.78 is 1.76. The van der Waals surface area contributed by atoms with E-state index in [1.807, 2.05) is 26.1 Å². The third-order valence-electron chi connectivity index (χ3n) is 2.59. The van der Waals surface area contributed by atoms with Gasteiger partial charge in [-0.05, 0) is 25.8 Å². The second-order valence-corrected chi connectivity index (χ2v) is 4.71. The third kappa shape index (κ3) is 2.31. The molecule has 0 aliphatic heterocycles. The molecule has 0 amide bonds. The SMILES string of the molecule is Cc1nc(Cl)c(C)c(-n2ccc(C(C)C)n2)n1. The normalized spacial score (nSPS) is 11.2. The second-order valence-electron chi connectivity index (χ2n) is 4.35. The smallest absolute Gasteiger partial charge is 0.161 e. The molecule has 0 fully saturated rings. The van der Waals surface area contributed by atoms with Gasteiger partial charge in [0.1, 0.15) is 11.0 Å². The largest absolute Gasteiger partial charge is 0.222 e. The van der Waals surface area contributed by atoms with E-state index in [9.17, 15) is 0 Å². The number of halogens is 1. The van der Waals surface area contributed by atoms with Crippen LogP contribution in [0.1, 0.15) is 36.8 Å². The van der Waals surface area contributed by atoms with Gasteiger partial charge in [-0.3, -0.25) is 0 Å². The maximum Gasteiger partial charge on any atom is 0.161 e. The minimum atomic E-state index is 0.398. The van der Waals surface area contributed by atoms with E-state index in [-0.39, 0.29) is 0 Å². The molecule has 0 aliphatic rings. The van der Waals surface area contributed by atoms with Gasteiger partial charge in [0.15, 0.2) is 5.82 Å². The fourth-order valence-corrected chi connectivity index (χ4v) is 1.77. The van der Waals surface area contributed by atoms with Crippen molar-refractivity contribution in [3.8, 4) is 5.82 Å². The first-order valence-corrected chi connectivity index (χ1v) is 5.93. The maximum atomic E-state index is 6.05. The van der Waals surface area contributed by atoms with E-state index >= 15 is 0 Å². The van der Waals surface area contributed by atoms with Crippen LogP contribution in [0.15, 0.2) is 12.3 Å². The molecule has 0 radical (unpaired) electrons. The lowest BCUT2D eigenvalue weighted by Crippen LogP contribution is -2.05. The van der Waals surface area contributed by atoms with Gasteiger partial charge in [0.2, 0.25) is 0 Å². The third-order valence-corrected chi connectivity index (χ3v) is 2.96. The Morgan fingerprint density at radius 3 is 2.53 bits per heavy atom. The van der Waals surface area contributed by atoms with E-state index in [0.29, 0.717) is 16.9 Å². The predicted molar refractivity (Wildman–Crippen MR) is 67.7 cm³/mol. The lowest BCUT2D eigenvalue weighted by Gasteiger charge is -2.07. The summed E-state index contributed by atoms with van der Waals surface area (Å²) in [6.45, 7) is 7.94. The first-order valence-electron chi connectivity index (χ1n) is 5.55.